The number of rotatable bonds is 4. The lowest BCUT2D eigenvalue weighted by Crippen LogP contribution is -2.05. The number of hydrogen-bond donors (Lipinski definition) is 1. The van der Waals surface area contributed by atoms with Crippen molar-refractivity contribution in [1.29, 1.82) is 0 Å². The molecule has 16 heavy (non-hydrogen) atoms. The summed E-state index contributed by atoms with van der Waals surface area (Å²) < 4.78 is 28.0. The maximum absolute atomic E-state index is 11.9. The summed E-state index contributed by atoms with van der Waals surface area (Å²) in [4.78, 5) is 11.0. The number of alkyl halides is 3. The van der Waals surface area contributed by atoms with E-state index in [1.807, 2.05) is 0 Å². The fraction of sp³-hybridized carbons (Fsp3) is 0.300. The van der Waals surface area contributed by atoms with Crippen LogP contribution in [-0.2, 0) is 4.79 Å². The molecule has 0 amide bonds. The molecule has 0 saturated heterocycles. The van der Waals surface area contributed by atoms with Crippen LogP contribution in [0.5, 0.6) is 11.5 Å². The highest BCUT2D eigenvalue weighted by Crippen LogP contribution is 2.30. The number of ether oxygens (including phenoxy) is 1. The molecule has 0 aliphatic carbocycles. The number of carbonyl (C=O) groups is 1. The predicted octanol–water partition coefficient (Wildman–Crippen LogP) is 2.86. The summed E-state index contributed by atoms with van der Waals surface area (Å²) in [5, 5.41) is 8.25. The standard InChI is InChI=1S/C10H9ClF2O3/c1-5(14)9(11)6-2-7(15)4-8(3-6)16-10(12)13/h2-4,9-10,15H,1H3. The highest BCUT2D eigenvalue weighted by molar-refractivity contribution is 6.30. The summed E-state index contributed by atoms with van der Waals surface area (Å²) in [7, 11) is 0. The molecule has 0 saturated carbocycles. The molecule has 0 heterocycles. The van der Waals surface area contributed by atoms with Gasteiger partial charge in [0.25, 0.3) is 0 Å². The summed E-state index contributed by atoms with van der Waals surface area (Å²) >= 11 is 5.72. The van der Waals surface area contributed by atoms with Gasteiger partial charge < -0.3 is 9.84 Å². The number of ketones is 1. The fourth-order valence-electron chi connectivity index (χ4n) is 1.16. The molecular weight excluding hydrogens is 242 g/mol. The second kappa shape index (κ2) is 5.12. The maximum Gasteiger partial charge on any atom is 0.387 e. The number of aromatic hydroxyl groups is 1. The van der Waals surface area contributed by atoms with E-state index in [-0.39, 0.29) is 22.8 Å². The predicted molar refractivity (Wildman–Crippen MR) is 54.0 cm³/mol. The van der Waals surface area contributed by atoms with E-state index in [0.717, 1.165) is 6.07 Å². The number of hydrogen-bond acceptors (Lipinski definition) is 3. The molecule has 0 aliphatic heterocycles. The highest BCUT2D eigenvalue weighted by atomic mass is 35.5. The summed E-state index contributed by atoms with van der Waals surface area (Å²) in [5.74, 6) is -0.882. The zero-order valence-electron chi connectivity index (χ0n) is 8.28. The number of phenolic OH excluding ortho intramolecular Hbond substituents is 1. The van der Waals surface area contributed by atoms with Gasteiger partial charge in [0.15, 0.2) is 5.78 Å². The van der Waals surface area contributed by atoms with Gasteiger partial charge in [0.05, 0.1) is 0 Å². The van der Waals surface area contributed by atoms with Gasteiger partial charge in [-0.05, 0) is 24.6 Å². The molecule has 0 radical (unpaired) electrons. The minimum absolute atomic E-state index is 0.213. The number of carbonyl (C=O) groups excluding carboxylic acids is 1. The van der Waals surface area contributed by atoms with Gasteiger partial charge in [0.2, 0.25) is 0 Å². The van der Waals surface area contributed by atoms with Crippen molar-refractivity contribution in [1.82, 2.24) is 0 Å². The molecule has 88 valence electrons. The van der Waals surface area contributed by atoms with Crippen LogP contribution in [0, 0.1) is 0 Å². The second-order valence-corrected chi connectivity index (χ2v) is 3.55. The van der Waals surface area contributed by atoms with Gasteiger partial charge in [-0.25, -0.2) is 0 Å². The third-order valence-electron chi connectivity index (χ3n) is 1.79. The van der Waals surface area contributed by atoms with Crippen LogP contribution in [0.1, 0.15) is 17.9 Å². The summed E-state index contributed by atoms with van der Waals surface area (Å²) in [6.07, 6.45) is 0. The number of Topliss-reactive ketones (excluding diaryl/α,β-unsaturated/α-hetero) is 1. The Hall–Kier alpha value is -1.36. The minimum Gasteiger partial charge on any atom is -0.508 e. The first-order chi connectivity index (χ1) is 7.40. The van der Waals surface area contributed by atoms with Gasteiger partial charge in [-0.15, -0.1) is 11.6 Å². The Labute approximate surface area is 95.6 Å². The number of phenols is 1. The second-order valence-electron chi connectivity index (χ2n) is 3.11. The van der Waals surface area contributed by atoms with E-state index in [4.69, 9.17) is 11.6 Å². The number of benzene rings is 1. The Bertz CT molecular complexity index is 396. The number of halogens is 3. The molecule has 1 N–H and O–H groups in total. The molecule has 1 aromatic carbocycles. The normalized spacial score (nSPS) is 12.6. The molecule has 3 nitrogen and oxygen atoms in total. The molecule has 0 spiro atoms. The highest BCUT2D eigenvalue weighted by Gasteiger charge is 2.16. The zero-order valence-corrected chi connectivity index (χ0v) is 9.04. The van der Waals surface area contributed by atoms with Crippen LogP contribution in [0.4, 0.5) is 8.78 Å². The van der Waals surface area contributed by atoms with Crippen molar-refractivity contribution in [2.24, 2.45) is 0 Å². The van der Waals surface area contributed by atoms with Crippen LogP contribution in [0.3, 0.4) is 0 Å². The molecule has 0 fully saturated rings. The van der Waals surface area contributed by atoms with Gasteiger partial charge in [-0.2, -0.15) is 8.78 Å². The van der Waals surface area contributed by atoms with Gasteiger partial charge in [-0.1, -0.05) is 0 Å². The van der Waals surface area contributed by atoms with E-state index < -0.39 is 12.0 Å². The molecule has 1 unspecified atom stereocenters. The first-order valence-corrected chi connectivity index (χ1v) is 4.77. The van der Waals surface area contributed by atoms with Crippen LogP contribution in [-0.4, -0.2) is 17.5 Å². The van der Waals surface area contributed by atoms with Crippen LogP contribution < -0.4 is 4.74 Å². The van der Waals surface area contributed by atoms with Crippen LogP contribution >= 0.6 is 11.6 Å². The van der Waals surface area contributed by atoms with Crippen molar-refractivity contribution in [3.8, 4) is 11.5 Å². The van der Waals surface area contributed by atoms with Crippen molar-refractivity contribution in [2.45, 2.75) is 18.9 Å². The third kappa shape index (κ3) is 3.34. The first-order valence-electron chi connectivity index (χ1n) is 4.33. The Balaban J connectivity index is 3.02. The quantitative estimate of drug-likeness (QED) is 0.836. The summed E-state index contributed by atoms with van der Waals surface area (Å²) in [6.45, 7) is -1.74. The minimum atomic E-state index is -3.00. The van der Waals surface area contributed by atoms with Crippen molar-refractivity contribution in [2.75, 3.05) is 0 Å². The monoisotopic (exact) mass is 250 g/mol. The lowest BCUT2D eigenvalue weighted by atomic mass is 10.1. The molecule has 0 aromatic heterocycles. The summed E-state index contributed by atoms with van der Waals surface area (Å²) in [6, 6.07) is 3.42. The molecule has 6 heteroatoms. The van der Waals surface area contributed by atoms with E-state index in [2.05, 4.69) is 4.74 Å². The SMILES string of the molecule is CC(=O)C(Cl)c1cc(O)cc(OC(F)F)c1. The van der Waals surface area contributed by atoms with Crippen LogP contribution in [0.2, 0.25) is 0 Å². The van der Waals surface area contributed by atoms with Gasteiger partial charge in [0.1, 0.15) is 16.9 Å². The van der Waals surface area contributed by atoms with Crippen molar-refractivity contribution in [3.05, 3.63) is 23.8 Å². The topological polar surface area (TPSA) is 46.5 Å². The van der Waals surface area contributed by atoms with Crippen LogP contribution in [0.25, 0.3) is 0 Å². The van der Waals surface area contributed by atoms with E-state index in [1.165, 1.54) is 19.1 Å². The molecule has 1 rings (SSSR count). The Morgan fingerprint density at radius 3 is 2.56 bits per heavy atom. The fourth-order valence-corrected chi connectivity index (χ4v) is 1.28. The lowest BCUT2D eigenvalue weighted by molar-refractivity contribution is -0.116. The Morgan fingerprint density at radius 1 is 1.44 bits per heavy atom. The Morgan fingerprint density at radius 2 is 2.06 bits per heavy atom. The molecular formula is C10H9ClF2O3. The van der Waals surface area contributed by atoms with E-state index in [9.17, 15) is 18.7 Å². The molecule has 0 aliphatic rings. The summed E-state index contributed by atoms with van der Waals surface area (Å²) in [5.41, 5.74) is 0.213. The van der Waals surface area contributed by atoms with Crippen LogP contribution in [0.15, 0.2) is 18.2 Å². The van der Waals surface area contributed by atoms with E-state index in [1.54, 1.807) is 0 Å². The maximum atomic E-state index is 11.9. The van der Waals surface area contributed by atoms with E-state index in [0.29, 0.717) is 0 Å². The zero-order chi connectivity index (χ0) is 12.3. The lowest BCUT2D eigenvalue weighted by Gasteiger charge is -2.10. The van der Waals surface area contributed by atoms with E-state index >= 15 is 0 Å². The largest absolute Gasteiger partial charge is 0.508 e. The van der Waals surface area contributed by atoms with Gasteiger partial charge >= 0.3 is 6.61 Å². The molecule has 1 aromatic rings. The Kier molecular flexibility index (Phi) is 4.06. The van der Waals surface area contributed by atoms with Gasteiger partial charge in [0, 0.05) is 6.07 Å². The van der Waals surface area contributed by atoms with Gasteiger partial charge in [-0.3, -0.25) is 4.79 Å². The average molecular weight is 251 g/mol. The molecule has 0 bridgehead atoms. The van der Waals surface area contributed by atoms with Crippen molar-refractivity contribution >= 4 is 17.4 Å². The van der Waals surface area contributed by atoms with Crippen molar-refractivity contribution < 1.29 is 23.4 Å². The smallest absolute Gasteiger partial charge is 0.387 e. The third-order valence-corrected chi connectivity index (χ3v) is 2.35. The first kappa shape index (κ1) is 12.7. The van der Waals surface area contributed by atoms with Crippen molar-refractivity contribution in [3.63, 3.8) is 0 Å². The molecule has 1 atom stereocenters. The average Bonchev–Trinajstić information content (AvgIpc) is 2.14.